The average molecular weight is 379 g/mol. The molecule has 0 aliphatic rings. The first kappa shape index (κ1) is 15.4. The summed E-state index contributed by atoms with van der Waals surface area (Å²) in [5.74, 6) is 0.381. The number of hydrogen-bond acceptors (Lipinski definition) is 3. The van der Waals surface area contributed by atoms with Gasteiger partial charge in [0.25, 0.3) is 8.32 Å². The van der Waals surface area contributed by atoms with Crippen LogP contribution in [0.3, 0.4) is 0 Å². The second-order valence-corrected chi connectivity index (χ2v) is 11.7. The standard InChI is InChI=1S/C12H18INO3Si/c1-12(2,3)18(4,5)17-11-7-6-9(13)8-10(11)14(15)16/h6-8H,1-5H3. The van der Waals surface area contributed by atoms with E-state index in [-0.39, 0.29) is 15.6 Å². The average Bonchev–Trinajstić information content (AvgIpc) is 2.18. The fourth-order valence-corrected chi connectivity index (χ4v) is 2.65. The van der Waals surface area contributed by atoms with Crippen molar-refractivity contribution in [3.63, 3.8) is 0 Å². The van der Waals surface area contributed by atoms with Crippen molar-refractivity contribution >= 4 is 36.6 Å². The fraction of sp³-hybridized carbons (Fsp3) is 0.500. The van der Waals surface area contributed by atoms with Crippen LogP contribution < -0.4 is 4.43 Å². The minimum atomic E-state index is -2.05. The van der Waals surface area contributed by atoms with Crippen molar-refractivity contribution in [3.8, 4) is 5.75 Å². The Hall–Kier alpha value is -0.633. The zero-order chi connectivity index (χ0) is 14.1. The number of hydrogen-bond donors (Lipinski definition) is 0. The molecule has 1 aromatic rings. The van der Waals surface area contributed by atoms with E-state index in [4.69, 9.17) is 4.43 Å². The van der Waals surface area contributed by atoms with Gasteiger partial charge in [-0.3, -0.25) is 10.1 Å². The van der Waals surface area contributed by atoms with Crippen molar-refractivity contribution in [3.05, 3.63) is 31.9 Å². The summed E-state index contributed by atoms with van der Waals surface area (Å²) >= 11 is 2.06. The van der Waals surface area contributed by atoms with Crippen molar-refractivity contribution in [2.75, 3.05) is 0 Å². The number of nitro benzene ring substituents is 1. The monoisotopic (exact) mass is 379 g/mol. The molecule has 0 radical (unpaired) electrons. The van der Waals surface area contributed by atoms with E-state index >= 15 is 0 Å². The van der Waals surface area contributed by atoms with E-state index in [1.807, 2.05) is 6.07 Å². The summed E-state index contributed by atoms with van der Waals surface area (Å²) in [7, 11) is -2.05. The summed E-state index contributed by atoms with van der Waals surface area (Å²) in [5.41, 5.74) is 0.0479. The Labute approximate surface area is 122 Å². The largest absolute Gasteiger partial charge is 0.539 e. The molecule has 1 aromatic carbocycles. The van der Waals surface area contributed by atoms with Gasteiger partial charge in [0.05, 0.1) is 4.92 Å². The van der Waals surface area contributed by atoms with E-state index in [1.165, 1.54) is 0 Å². The fourth-order valence-electron chi connectivity index (χ4n) is 1.15. The predicted molar refractivity (Wildman–Crippen MR) is 83.6 cm³/mol. The number of rotatable bonds is 3. The van der Waals surface area contributed by atoms with Gasteiger partial charge in [0.2, 0.25) is 0 Å². The van der Waals surface area contributed by atoms with Crippen LogP contribution in [0.1, 0.15) is 20.8 Å². The quantitative estimate of drug-likeness (QED) is 0.334. The van der Waals surface area contributed by atoms with Gasteiger partial charge in [-0.1, -0.05) is 20.8 Å². The van der Waals surface area contributed by atoms with E-state index in [2.05, 4.69) is 56.5 Å². The summed E-state index contributed by atoms with van der Waals surface area (Å²) in [5, 5.41) is 11.1. The molecule has 18 heavy (non-hydrogen) atoms. The Kier molecular flexibility index (Phi) is 4.42. The van der Waals surface area contributed by atoms with Crippen molar-refractivity contribution in [2.24, 2.45) is 0 Å². The van der Waals surface area contributed by atoms with E-state index in [1.54, 1.807) is 12.1 Å². The lowest BCUT2D eigenvalue weighted by molar-refractivity contribution is -0.385. The maximum absolute atomic E-state index is 11.0. The molecule has 6 heteroatoms. The van der Waals surface area contributed by atoms with E-state index in [0.717, 1.165) is 3.57 Å². The SMILES string of the molecule is CC(C)(C)[Si](C)(C)Oc1ccc(I)cc1[N+](=O)[O-]. The van der Waals surface area contributed by atoms with E-state index in [0.29, 0.717) is 5.75 Å². The van der Waals surface area contributed by atoms with Crippen LogP contribution in [0.5, 0.6) is 5.75 Å². The third-order valence-corrected chi connectivity index (χ3v) is 8.30. The van der Waals surface area contributed by atoms with Gasteiger partial charge in [-0.15, -0.1) is 0 Å². The summed E-state index contributed by atoms with van der Waals surface area (Å²) < 4.78 is 6.84. The first-order valence-electron chi connectivity index (χ1n) is 5.67. The molecular formula is C12H18INO3Si. The Morgan fingerprint density at radius 1 is 1.33 bits per heavy atom. The van der Waals surface area contributed by atoms with Crippen LogP contribution in [0.2, 0.25) is 18.1 Å². The van der Waals surface area contributed by atoms with Gasteiger partial charge in [-0.2, -0.15) is 0 Å². The highest BCUT2D eigenvalue weighted by Crippen LogP contribution is 2.40. The third-order valence-electron chi connectivity index (χ3n) is 3.29. The molecule has 0 aliphatic heterocycles. The van der Waals surface area contributed by atoms with Crippen molar-refractivity contribution in [1.29, 1.82) is 0 Å². The molecule has 0 saturated carbocycles. The van der Waals surface area contributed by atoms with Crippen LogP contribution in [0.25, 0.3) is 0 Å². The second kappa shape index (κ2) is 5.16. The Balaban J connectivity index is 3.16. The van der Waals surface area contributed by atoms with Gasteiger partial charge in [-0.05, 0) is 52.9 Å². The minimum Gasteiger partial charge on any atom is -0.539 e. The normalized spacial score (nSPS) is 12.3. The van der Waals surface area contributed by atoms with Gasteiger partial charge in [-0.25, -0.2) is 0 Å². The maximum atomic E-state index is 11.0. The van der Waals surface area contributed by atoms with Gasteiger partial charge >= 0.3 is 5.69 Å². The number of nitrogens with zero attached hydrogens (tertiary/aromatic N) is 1. The Morgan fingerprint density at radius 2 is 1.89 bits per heavy atom. The highest BCUT2D eigenvalue weighted by atomic mass is 127. The second-order valence-electron chi connectivity index (χ2n) is 5.73. The molecule has 4 nitrogen and oxygen atoms in total. The number of halogens is 1. The molecule has 0 bridgehead atoms. The molecule has 0 aliphatic carbocycles. The lowest BCUT2D eigenvalue weighted by Gasteiger charge is -2.36. The molecule has 0 atom stereocenters. The van der Waals surface area contributed by atoms with Crippen LogP contribution in [0, 0.1) is 13.7 Å². The first-order valence-corrected chi connectivity index (χ1v) is 9.66. The van der Waals surface area contributed by atoms with Crippen molar-refractivity contribution in [1.82, 2.24) is 0 Å². The molecule has 0 saturated heterocycles. The van der Waals surface area contributed by atoms with Gasteiger partial charge in [0.1, 0.15) is 0 Å². The molecule has 100 valence electrons. The third kappa shape index (κ3) is 3.44. The molecule has 0 N–H and O–H groups in total. The highest BCUT2D eigenvalue weighted by Gasteiger charge is 2.40. The van der Waals surface area contributed by atoms with Crippen LogP contribution in [0.15, 0.2) is 18.2 Å². The summed E-state index contributed by atoms with van der Waals surface area (Å²) in [6.07, 6.45) is 0. The van der Waals surface area contributed by atoms with Gasteiger partial charge < -0.3 is 4.43 Å². The molecule has 0 fully saturated rings. The predicted octanol–water partition coefficient (Wildman–Crippen LogP) is 4.58. The Bertz CT molecular complexity index is 469. The molecule has 0 aromatic heterocycles. The lowest BCUT2D eigenvalue weighted by atomic mass is 10.2. The van der Waals surface area contributed by atoms with Crippen LogP contribution in [-0.2, 0) is 0 Å². The van der Waals surface area contributed by atoms with Crippen LogP contribution in [-0.4, -0.2) is 13.2 Å². The maximum Gasteiger partial charge on any atom is 0.310 e. The molecule has 0 spiro atoms. The smallest absolute Gasteiger partial charge is 0.310 e. The zero-order valence-corrected chi connectivity index (χ0v) is 14.4. The summed E-state index contributed by atoms with van der Waals surface area (Å²) in [6.45, 7) is 10.5. The highest BCUT2D eigenvalue weighted by molar-refractivity contribution is 14.1. The summed E-state index contributed by atoms with van der Waals surface area (Å²) in [4.78, 5) is 10.7. The molecular weight excluding hydrogens is 361 g/mol. The zero-order valence-electron chi connectivity index (χ0n) is 11.3. The Morgan fingerprint density at radius 3 is 2.33 bits per heavy atom. The molecule has 0 unspecified atom stereocenters. The lowest BCUT2D eigenvalue weighted by Crippen LogP contribution is -2.44. The first-order chi connectivity index (χ1) is 8.04. The van der Waals surface area contributed by atoms with Crippen molar-refractivity contribution in [2.45, 2.75) is 38.9 Å². The van der Waals surface area contributed by atoms with E-state index < -0.39 is 8.32 Å². The van der Waals surface area contributed by atoms with Crippen molar-refractivity contribution < 1.29 is 9.35 Å². The van der Waals surface area contributed by atoms with Crippen LogP contribution in [0.4, 0.5) is 5.69 Å². The minimum absolute atomic E-state index is 0.0177. The molecule has 0 heterocycles. The van der Waals surface area contributed by atoms with Gasteiger partial charge in [0, 0.05) is 9.64 Å². The van der Waals surface area contributed by atoms with Gasteiger partial charge in [0.15, 0.2) is 5.75 Å². The number of nitro groups is 1. The van der Waals surface area contributed by atoms with Crippen LogP contribution >= 0.6 is 22.6 Å². The molecule has 0 amide bonds. The number of benzene rings is 1. The van der Waals surface area contributed by atoms with E-state index in [9.17, 15) is 10.1 Å². The molecule has 1 rings (SSSR count). The summed E-state index contributed by atoms with van der Waals surface area (Å²) in [6, 6.07) is 5.07. The topological polar surface area (TPSA) is 52.4 Å².